The van der Waals surface area contributed by atoms with Crippen LogP contribution in [0.25, 0.3) is 22.6 Å². The van der Waals surface area contributed by atoms with Gasteiger partial charge in [0.15, 0.2) is 0 Å². The van der Waals surface area contributed by atoms with E-state index in [1.165, 1.54) is 19.5 Å². The van der Waals surface area contributed by atoms with Crippen molar-refractivity contribution in [3.63, 3.8) is 0 Å². The molecule has 0 aliphatic carbocycles. The molecule has 0 bridgehead atoms. The van der Waals surface area contributed by atoms with Crippen LogP contribution in [0.15, 0.2) is 42.9 Å². The maximum Gasteiger partial charge on any atom is 0.316 e. The third-order valence-corrected chi connectivity index (χ3v) is 2.84. The van der Waals surface area contributed by atoms with E-state index in [-0.39, 0.29) is 11.8 Å². The van der Waals surface area contributed by atoms with Crippen LogP contribution in [0.3, 0.4) is 0 Å². The van der Waals surface area contributed by atoms with Gasteiger partial charge in [0.25, 0.3) is 0 Å². The number of benzene rings is 1. The van der Waals surface area contributed by atoms with Gasteiger partial charge in [-0.3, -0.25) is 0 Å². The molecular formula is C14H11FN4O. The molecule has 0 amide bonds. The molecule has 2 heterocycles. The lowest BCUT2D eigenvalue weighted by molar-refractivity contribution is 0.380. The zero-order chi connectivity index (χ0) is 13.9. The normalized spacial score (nSPS) is 10.5. The van der Waals surface area contributed by atoms with Gasteiger partial charge in [-0.15, -0.1) is 0 Å². The van der Waals surface area contributed by atoms with Gasteiger partial charge in [0.1, 0.15) is 11.5 Å². The summed E-state index contributed by atoms with van der Waals surface area (Å²) in [6.07, 6.45) is 3.08. The fraction of sp³-hybridized carbons (Fsp3) is 0.0714. The highest BCUT2D eigenvalue weighted by Gasteiger charge is 2.15. The molecule has 1 N–H and O–H groups in total. The zero-order valence-electron chi connectivity index (χ0n) is 10.7. The smallest absolute Gasteiger partial charge is 0.316 e. The van der Waals surface area contributed by atoms with Crippen molar-refractivity contribution >= 4 is 0 Å². The Morgan fingerprint density at radius 3 is 2.80 bits per heavy atom. The Kier molecular flexibility index (Phi) is 3.12. The summed E-state index contributed by atoms with van der Waals surface area (Å²) in [5, 5.41) is 0. The van der Waals surface area contributed by atoms with E-state index in [0.29, 0.717) is 22.6 Å². The Morgan fingerprint density at radius 1 is 1.15 bits per heavy atom. The highest BCUT2D eigenvalue weighted by Crippen LogP contribution is 2.29. The summed E-state index contributed by atoms with van der Waals surface area (Å²) in [6, 6.07) is 8.43. The molecule has 20 heavy (non-hydrogen) atoms. The second kappa shape index (κ2) is 5.08. The number of hydrogen-bond donors (Lipinski definition) is 1. The summed E-state index contributed by atoms with van der Waals surface area (Å²) in [6.45, 7) is 0. The Morgan fingerprint density at radius 2 is 2.00 bits per heavy atom. The Balaban J connectivity index is 2.13. The first-order chi connectivity index (χ1) is 9.79. The van der Waals surface area contributed by atoms with Crippen LogP contribution in [0.2, 0.25) is 0 Å². The molecule has 0 radical (unpaired) electrons. The summed E-state index contributed by atoms with van der Waals surface area (Å²) in [4.78, 5) is 15.3. The van der Waals surface area contributed by atoms with E-state index >= 15 is 0 Å². The summed E-state index contributed by atoms with van der Waals surface area (Å²) >= 11 is 0. The zero-order valence-corrected chi connectivity index (χ0v) is 10.7. The lowest BCUT2D eigenvalue weighted by Gasteiger charge is -2.04. The molecule has 0 unspecified atom stereocenters. The largest absolute Gasteiger partial charge is 0.467 e. The van der Waals surface area contributed by atoms with Crippen molar-refractivity contribution in [3.05, 3.63) is 48.7 Å². The van der Waals surface area contributed by atoms with Gasteiger partial charge >= 0.3 is 6.01 Å². The van der Waals surface area contributed by atoms with Crippen molar-refractivity contribution in [3.8, 4) is 28.7 Å². The van der Waals surface area contributed by atoms with Crippen molar-refractivity contribution in [1.82, 2.24) is 19.9 Å². The van der Waals surface area contributed by atoms with E-state index in [1.807, 2.05) is 0 Å². The van der Waals surface area contributed by atoms with Gasteiger partial charge in [-0.05, 0) is 18.2 Å². The van der Waals surface area contributed by atoms with E-state index in [1.54, 1.807) is 30.5 Å². The number of ether oxygens (including phenoxy) is 1. The van der Waals surface area contributed by atoms with Crippen LogP contribution in [-0.4, -0.2) is 27.0 Å². The fourth-order valence-electron chi connectivity index (χ4n) is 1.93. The number of rotatable bonds is 3. The van der Waals surface area contributed by atoms with Crippen LogP contribution < -0.4 is 4.74 Å². The van der Waals surface area contributed by atoms with Crippen molar-refractivity contribution in [2.75, 3.05) is 7.11 Å². The van der Waals surface area contributed by atoms with E-state index < -0.39 is 0 Å². The number of methoxy groups -OCH3 is 1. The summed E-state index contributed by atoms with van der Waals surface area (Å²) in [5.74, 6) is -0.332. The van der Waals surface area contributed by atoms with Crippen molar-refractivity contribution in [1.29, 1.82) is 0 Å². The first-order valence-electron chi connectivity index (χ1n) is 5.95. The fourth-order valence-corrected chi connectivity index (χ4v) is 1.93. The average Bonchev–Trinajstić information content (AvgIpc) is 2.97. The highest BCUT2D eigenvalue weighted by molar-refractivity contribution is 5.76. The van der Waals surface area contributed by atoms with Gasteiger partial charge in [-0.1, -0.05) is 12.1 Å². The maximum atomic E-state index is 13.9. The molecule has 100 valence electrons. The number of aromatic amines is 1. The van der Waals surface area contributed by atoms with Crippen LogP contribution in [0, 0.1) is 5.82 Å². The minimum absolute atomic E-state index is 0.247. The quantitative estimate of drug-likeness (QED) is 0.794. The van der Waals surface area contributed by atoms with Crippen LogP contribution in [-0.2, 0) is 0 Å². The van der Waals surface area contributed by atoms with Gasteiger partial charge in [-0.25, -0.2) is 14.4 Å². The molecule has 0 aliphatic heterocycles. The minimum atomic E-state index is -0.332. The molecule has 0 spiro atoms. The molecule has 0 saturated carbocycles. The van der Waals surface area contributed by atoms with Crippen molar-refractivity contribution in [2.24, 2.45) is 0 Å². The molecule has 0 aliphatic rings. The van der Waals surface area contributed by atoms with Gasteiger partial charge < -0.3 is 9.72 Å². The number of imidazole rings is 1. The topological polar surface area (TPSA) is 63.7 Å². The molecule has 1 aromatic carbocycles. The Hall–Kier alpha value is -2.76. The number of aromatic nitrogens is 4. The first kappa shape index (κ1) is 12.3. The number of hydrogen-bond acceptors (Lipinski definition) is 4. The third kappa shape index (κ3) is 2.11. The van der Waals surface area contributed by atoms with Crippen LogP contribution in [0.1, 0.15) is 0 Å². The summed E-state index contributed by atoms with van der Waals surface area (Å²) in [5.41, 5.74) is 2.13. The molecule has 5 nitrogen and oxygen atoms in total. The molecule has 6 heteroatoms. The lowest BCUT2D eigenvalue weighted by atomic mass is 10.1. The lowest BCUT2D eigenvalue weighted by Crippen LogP contribution is -1.94. The second-order valence-corrected chi connectivity index (χ2v) is 4.03. The number of nitrogens with one attached hydrogen (secondary N) is 1. The van der Waals surface area contributed by atoms with E-state index in [4.69, 9.17) is 4.74 Å². The average molecular weight is 270 g/mol. The molecule has 0 atom stereocenters. The SMILES string of the molecule is COc1nccc(-c2[nH]cnc2-c2ccccc2F)n1. The monoisotopic (exact) mass is 270 g/mol. The van der Waals surface area contributed by atoms with E-state index in [0.717, 1.165) is 0 Å². The highest BCUT2D eigenvalue weighted by atomic mass is 19.1. The van der Waals surface area contributed by atoms with Gasteiger partial charge in [0, 0.05) is 11.8 Å². The molecular weight excluding hydrogens is 259 g/mol. The van der Waals surface area contributed by atoms with Gasteiger partial charge in [0.2, 0.25) is 0 Å². The van der Waals surface area contributed by atoms with Gasteiger partial charge in [0.05, 0.1) is 24.8 Å². The Bertz CT molecular complexity index is 741. The molecule has 2 aromatic heterocycles. The van der Waals surface area contributed by atoms with E-state index in [2.05, 4.69) is 19.9 Å². The van der Waals surface area contributed by atoms with Crippen LogP contribution >= 0.6 is 0 Å². The number of H-pyrrole nitrogens is 1. The molecule has 0 saturated heterocycles. The Labute approximate surface area is 114 Å². The summed E-state index contributed by atoms with van der Waals surface area (Å²) < 4.78 is 18.9. The summed E-state index contributed by atoms with van der Waals surface area (Å²) in [7, 11) is 1.49. The van der Waals surface area contributed by atoms with Crippen molar-refractivity contribution < 1.29 is 9.13 Å². The molecule has 3 aromatic rings. The molecule has 3 rings (SSSR count). The second-order valence-electron chi connectivity index (χ2n) is 4.03. The number of nitrogens with zero attached hydrogens (tertiary/aromatic N) is 3. The first-order valence-corrected chi connectivity index (χ1v) is 5.95. The van der Waals surface area contributed by atoms with Crippen molar-refractivity contribution in [2.45, 2.75) is 0 Å². The predicted octanol–water partition coefficient (Wildman–Crippen LogP) is 2.68. The predicted molar refractivity (Wildman–Crippen MR) is 71.6 cm³/mol. The minimum Gasteiger partial charge on any atom is -0.467 e. The molecule has 0 fully saturated rings. The third-order valence-electron chi connectivity index (χ3n) is 2.84. The van der Waals surface area contributed by atoms with E-state index in [9.17, 15) is 4.39 Å². The maximum absolute atomic E-state index is 13.9. The number of halogens is 1. The van der Waals surface area contributed by atoms with Crippen LogP contribution in [0.4, 0.5) is 4.39 Å². The van der Waals surface area contributed by atoms with Gasteiger partial charge in [-0.2, -0.15) is 4.98 Å². The standard InChI is InChI=1S/C14H11FN4O/c1-20-14-16-7-6-11(19-14)13-12(17-8-18-13)9-4-2-3-5-10(9)15/h2-8H,1H3,(H,17,18). The van der Waals surface area contributed by atoms with Crippen LogP contribution in [0.5, 0.6) is 6.01 Å².